The van der Waals surface area contributed by atoms with Gasteiger partial charge in [0.1, 0.15) is 11.2 Å². The maximum Gasteiger partial charge on any atom is 0.223 e. The van der Waals surface area contributed by atoms with E-state index >= 15 is 0 Å². The van der Waals surface area contributed by atoms with Crippen LogP contribution < -0.4 is 0 Å². The largest absolute Gasteiger partial charge is 0.456 e. The molecule has 0 fully saturated rings. The molecule has 0 spiro atoms. The smallest absolute Gasteiger partial charge is 0.223 e. The van der Waals surface area contributed by atoms with E-state index in [4.69, 9.17) is 14.4 Å². The molecule has 0 amide bonds. The van der Waals surface area contributed by atoms with Crippen LogP contribution in [-0.2, 0) is 0 Å². The third kappa shape index (κ3) is 2.71. The Hall–Kier alpha value is -5.87. The first-order valence-electron chi connectivity index (χ1n) is 13.0. The lowest BCUT2D eigenvalue weighted by atomic mass is 10.1. The van der Waals surface area contributed by atoms with Crippen molar-refractivity contribution in [3.8, 4) is 11.8 Å². The lowest BCUT2D eigenvalue weighted by Crippen LogP contribution is -2.01. The minimum Gasteiger partial charge on any atom is -0.456 e. The van der Waals surface area contributed by atoms with Crippen LogP contribution in [-0.4, -0.2) is 23.3 Å². The molecule has 5 aromatic carbocycles. The highest BCUT2D eigenvalue weighted by Gasteiger charge is 2.19. The molecule has 7 heteroatoms. The van der Waals surface area contributed by atoms with Crippen LogP contribution in [0.3, 0.4) is 0 Å². The van der Waals surface area contributed by atoms with Gasteiger partial charge in [0, 0.05) is 10.8 Å². The molecule has 0 bridgehead atoms. The fourth-order valence-corrected chi connectivity index (χ4v) is 5.94. The topological polar surface area (TPSA) is 76.5 Å². The van der Waals surface area contributed by atoms with Crippen LogP contribution >= 0.6 is 0 Å². The molecule has 0 saturated heterocycles. The third-order valence-corrected chi connectivity index (χ3v) is 7.69. The SMILES string of the molecule is N#Cc1ccc2c(c1)n1c3ccccc3nc1n(-c1ccc3oc4ccccc4c3c1)c1nc3ccccc3n21. The summed E-state index contributed by atoms with van der Waals surface area (Å²) in [4.78, 5) is 10.3. The van der Waals surface area contributed by atoms with E-state index in [1.807, 2.05) is 78.9 Å². The fourth-order valence-electron chi connectivity index (χ4n) is 5.94. The molecule has 0 aliphatic carbocycles. The van der Waals surface area contributed by atoms with Crippen LogP contribution in [0, 0.1) is 11.3 Å². The first kappa shape index (κ1) is 21.1. The molecule has 40 heavy (non-hydrogen) atoms. The molecule has 0 N–H and O–H groups in total. The number of hydrogen-bond donors (Lipinski definition) is 0. The van der Waals surface area contributed by atoms with Crippen molar-refractivity contribution in [2.45, 2.75) is 0 Å². The van der Waals surface area contributed by atoms with Crippen LogP contribution in [0.2, 0.25) is 0 Å². The number of benzene rings is 5. The summed E-state index contributed by atoms with van der Waals surface area (Å²) in [5.74, 6) is 1.41. The van der Waals surface area contributed by atoms with Gasteiger partial charge in [-0.05, 0) is 66.7 Å². The van der Waals surface area contributed by atoms with Crippen LogP contribution in [0.15, 0.2) is 114 Å². The van der Waals surface area contributed by atoms with Crippen molar-refractivity contribution in [2.75, 3.05) is 0 Å². The van der Waals surface area contributed by atoms with Crippen molar-refractivity contribution in [1.82, 2.24) is 23.3 Å². The summed E-state index contributed by atoms with van der Waals surface area (Å²) >= 11 is 0. The number of fused-ring (bicyclic) bond motifs is 12. The predicted octanol–water partition coefficient (Wildman–Crippen LogP) is 7.57. The Morgan fingerprint density at radius 1 is 0.575 bits per heavy atom. The van der Waals surface area contributed by atoms with Crippen molar-refractivity contribution >= 4 is 66.6 Å². The summed E-state index contributed by atoms with van der Waals surface area (Å²) in [6, 6.07) is 38.6. The molecule has 9 aromatic rings. The van der Waals surface area contributed by atoms with Crippen LogP contribution in [0.5, 0.6) is 0 Å². The van der Waals surface area contributed by atoms with Gasteiger partial charge in [-0.25, -0.2) is 14.5 Å². The number of nitriles is 1. The fraction of sp³-hybridized carbons (Fsp3) is 0. The number of aromatic nitrogens is 5. The standard InChI is InChI=1S/C33H18N6O/c34-19-20-13-15-28-29(17-20)39-27-11-5-3-9-25(27)36-33(39)37(32-35-24-8-2-4-10-26(24)38(28)32)21-14-16-31-23(18-21)22-7-1-6-12-30(22)40-31/h1-18H. The zero-order valence-corrected chi connectivity index (χ0v) is 21.0. The van der Waals surface area contributed by atoms with Gasteiger partial charge < -0.3 is 4.42 Å². The monoisotopic (exact) mass is 514 g/mol. The molecular formula is C33H18N6O. The summed E-state index contributed by atoms with van der Waals surface area (Å²) in [5, 5.41) is 11.9. The van der Waals surface area contributed by atoms with E-state index in [1.54, 1.807) is 0 Å². The van der Waals surface area contributed by atoms with E-state index in [0.717, 1.165) is 60.7 Å². The van der Waals surface area contributed by atoms with E-state index in [0.29, 0.717) is 17.1 Å². The number of furan rings is 1. The van der Waals surface area contributed by atoms with Crippen LogP contribution in [0.25, 0.3) is 72.3 Å². The number of hydrogen-bond acceptors (Lipinski definition) is 4. The first-order chi connectivity index (χ1) is 19.8. The molecule has 0 atom stereocenters. The second-order valence-electron chi connectivity index (χ2n) is 9.90. The number of rotatable bonds is 1. The van der Waals surface area contributed by atoms with Gasteiger partial charge >= 0.3 is 0 Å². The average Bonchev–Trinajstić information content (AvgIpc) is 3.66. The van der Waals surface area contributed by atoms with Crippen LogP contribution in [0.4, 0.5) is 0 Å². The number of para-hydroxylation sites is 5. The Morgan fingerprint density at radius 2 is 1.23 bits per heavy atom. The number of imidazole rings is 2. The van der Waals surface area contributed by atoms with Gasteiger partial charge in [0.25, 0.3) is 0 Å². The summed E-state index contributed by atoms with van der Waals surface area (Å²) in [6.07, 6.45) is 0. The Morgan fingerprint density at radius 3 is 1.98 bits per heavy atom. The highest BCUT2D eigenvalue weighted by molar-refractivity contribution is 6.05. The van der Waals surface area contributed by atoms with Crippen molar-refractivity contribution in [1.29, 1.82) is 5.26 Å². The summed E-state index contributed by atoms with van der Waals surface area (Å²) in [5.41, 5.74) is 8.59. The van der Waals surface area contributed by atoms with Crippen molar-refractivity contribution in [3.05, 3.63) is 115 Å². The Labute approximate surface area is 226 Å². The highest BCUT2D eigenvalue weighted by Crippen LogP contribution is 2.33. The van der Waals surface area contributed by atoms with E-state index in [-0.39, 0.29) is 0 Å². The maximum absolute atomic E-state index is 9.83. The summed E-state index contributed by atoms with van der Waals surface area (Å²) in [6.45, 7) is 0. The molecule has 0 aliphatic rings. The molecule has 4 aromatic heterocycles. The van der Waals surface area contributed by atoms with E-state index in [1.165, 1.54) is 0 Å². The van der Waals surface area contributed by atoms with E-state index in [9.17, 15) is 5.26 Å². The van der Waals surface area contributed by atoms with Gasteiger partial charge in [-0.2, -0.15) is 5.26 Å². The molecule has 0 radical (unpaired) electrons. The van der Waals surface area contributed by atoms with Crippen molar-refractivity contribution in [2.24, 2.45) is 0 Å². The Bertz CT molecular complexity index is 2570. The predicted molar refractivity (Wildman–Crippen MR) is 157 cm³/mol. The van der Waals surface area contributed by atoms with Gasteiger partial charge in [0.05, 0.1) is 50.4 Å². The zero-order chi connectivity index (χ0) is 26.4. The molecule has 0 aliphatic heterocycles. The minimum atomic E-state index is 0.577. The summed E-state index contributed by atoms with van der Waals surface area (Å²) < 4.78 is 12.5. The Kier molecular flexibility index (Phi) is 4.00. The molecule has 4 heterocycles. The van der Waals surface area contributed by atoms with E-state index in [2.05, 4.69) is 49.8 Å². The molecular weight excluding hydrogens is 496 g/mol. The lowest BCUT2D eigenvalue weighted by Gasteiger charge is -2.07. The molecule has 9 rings (SSSR count). The van der Waals surface area contributed by atoms with Gasteiger partial charge in [0.2, 0.25) is 11.6 Å². The van der Waals surface area contributed by atoms with Gasteiger partial charge in [-0.1, -0.05) is 42.5 Å². The van der Waals surface area contributed by atoms with Crippen molar-refractivity contribution in [3.63, 3.8) is 0 Å². The van der Waals surface area contributed by atoms with Gasteiger partial charge in [0.15, 0.2) is 0 Å². The minimum absolute atomic E-state index is 0.577. The maximum atomic E-state index is 9.83. The molecule has 0 saturated carbocycles. The average molecular weight is 515 g/mol. The summed E-state index contributed by atoms with van der Waals surface area (Å²) in [7, 11) is 0. The third-order valence-electron chi connectivity index (χ3n) is 7.69. The van der Waals surface area contributed by atoms with Gasteiger partial charge in [-0.15, -0.1) is 0 Å². The highest BCUT2D eigenvalue weighted by atomic mass is 16.3. The number of nitrogens with zero attached hydrogens (tertiary/aromatic N) is 6. The Balaban J connectivity index is 1.59. The molecule has 7 nitrogen and oxygen atoms in total. The second kappa shape index (κ2) is 7.59. The molecule has 0 unspecified atom stereocenters. The first-order valence-corrected chi connectivity index (χ1v) is 13.0. The molecule has 186 valence electrons. The normalized spacial score (nSPS) is 12.0. The van der Waals surface area contributed by atoms with Gasteiger partial charge in [-0.3, -0.25) is 8.80 Å². The van der Waals surface area contributed by atoms with E-state index < -0.39 is 0 Å². The second-order valence-corrected chi connectivity index (χ2v) is 9.90. The quantitative estimate of drug-likeness (QED) is 0.226. The van der Waals surface area contributed by atoms with Crippen LogP contribution in [0.1, 0.15) is 5.56 Å². The zero-order valence-electron chi connectivity index (χ0n) is 21.0. The van der Waals surface area contributed by atoms with Crippen molar-refractivity contribution < 1.29 is 4.42 Å². The lowest BCUT2D eigenvalue weighted by molar-refractivity contribution is 0.669.